The molecule has 2 aromatic rings. The first kappa shape index (κ1) is 19.3. The molecule has 2 aromatic carbocycles. The SMILES string of the molecule is Cc1ccc(NS(=O)(=O)c2cc(C(=O)NN3CCOCC3)ccc2C)cc1. The summed E-state index contributed by atoms with van der Waals surface area (Å²) in [5.41, 5.74) is 5.16. The fraction of sp³-hybridized carbons (Fsp3) is 0.316. The molecule has 8 heteroatoms. The minimum absolute atomic E-state index is 0.0812. The lowest BCUT2D eigenvalue weighted by Crippen LogP contribution is -2.48. The van der Waals surface area contributed by atoms with E-state index in [0.29, 0.717) is 37.6 Å². The average Bonchev–Trinajstić information content (AvgIpc) is 2.64. The first-order valence-corrected chi connectivity index (χ1v) is 10.2. The molecule has 144 valence electrons. The third kappa shape index (κ3) is 4.85. The summed E-state index contributed by atoms with van der Waals surface area (Å²) in [6.07, 6.45) is 0. The standard InChI is InChI=1S/C19H23N3O4S/c1-14-3-7-17(8-4-14)21-27(24,25)18-13-16(6-5-15(18)2)19(23)20-22-9-11-26-12-10-22/h3-8,13,21H,9-12H2,1-2H3,(H,20,23). The number of hydrazine groups is 1. The Kier molecular flexibility index (Phi) is 5.79. The molecule has 1 fully saturated rings. The molecule has 0 aromatic heterocycles. The second-order valence-corrected chi connectivity index (χ2v) is 8.14. The summed E-state index contributed by atoms with van der Waals surface area (Å²) in [5.74, 6) is -0.344. The van der Waals surface area contributed by atoms with E-state index in [9.17, 15) is 13.2 Å². The van der Waals surface area contributed by atoms with Gasteiger partial charge in [0.2, 0.25) is 0 Å². The summed E-state index contributed by atoms with van der Waals surface area (Å²) < 4.78 is 33.4. The molecule has 0 bridgehead atoms. The van der Waals surface area contributed by atoms with Crippen molar-refractivity contribution in [2.24, 2.45) is 0 Å². The monoisotopic (exact) mass is 389 g/mol. The van der Waals surface area contributed by atoms with Gasteiger partial charge in [0, 0.05) is 24.3 Å². The molecule has 7 nitrogen and oxygen atoms in total. The van der Waals surface area contributed by atoms with Crippen LogP contribution >= 0.6 is 0 Å². The number of carbonyl (C=O) groups excluding carboxylic acids is 1. The highest BCUT2D eigenvalue weighted by molar-refractivity contribution is 7.92. The number of amides is 1. The van der Waals surface area contributed by atoms with Crippen LogP contribution in [0.5, 0.6) is 0 Å². The molecule has 1 heterocycles. The van der Waals surface area contributed by atoms with Crippen LogP contribution in [-0.4, -0.2) is 45.6 Å². The Morgan fingerprint density at radius 1 is 1.04 bits per heavy atom. The number of nitrogens with one attached hydrogen (secondary N) is 2. The summed E-state index contributed by atoms with van der Waals surface area (Å²) in [4.78, 5) is 12.6. The van der Waals surface area contributed by atoms with E-state index in [0.717, 1.165) is 5.56 Å². The number of carbonyl (C=O) groups is 1. The Bertz CT molecular complexity index is 920. The van der Waals surface area contributed by atoms with Crippen LogP contribution < -0.4 is 10.1 Å². The quantitative estimate of drug-likeness (QED) is 0.818. The molecule has 1 saturated heterocycles. The molecule has 0 spiro atoms. The number of nitrogens with zero attached hydrogens (tertiary/aromatic N) is 1. The van der Waals surface area contributed by atoms with Crippen molar-refractivity contribution in [3.05, 3.63) is 59.2 Å². The van der Waals surface area contributed by atoms with Gasteiger partial charge in [0.1, 0.15) is 0 Å². The number of rotatable bonds is 5. The third-order valence-corrected chi connectivity index (χ3v) is 5.84. The van der Waals surface area contributed by atoms with E-state index in [2.05, 4.69) is 10.1 Å². The maximum Gasteiger partial charge on any atom is 0.265 e. The molecule has 2 N–H and O–H groups in total. The number of aryl methyl sites for hydroxylation is 2. The first-order chi connectivity index (χ1) is 12.8. The maximum atomic E-state index is 12.8. The topological polar surface area (TPSA) is 87.7 Å². The largest absolute Gasteiger partial charge is 0.379 e. The van der Waals surface area contributed by atoms with Gasteiger partial charge in [-0.1, -0.05) is 23.8 Å². The summed E-state index contributed by atoms with van der Waals surface area (Å²) in [6.45, 7) is 5.92. The Morgan fingerprint density at radius 3 is 2.37 bits per heavy atom. The second-order valence-electron chi connectivity index (χ2n) is 6.49. The molecule has 0 radical (unpaired) electrons. The number of hydrogen-bond acceptors (Lipinski definition) is 5. The molecule has 3 rings (SSSR count). The number of ether oxygens (including phenoxy) is 1. The number of benzene rings is 2. The lowest BCUT2D eigenvalue weighted by Gasteiger charge is -2.27. The van der Waals surface area contributed by atoms with E-state index >= 15 is 0 Å². The molecular weight excluding hydrogens is 366 g/mol. The van der Waals surface area contributed by atoms with Gasteiger partial charge >= 0.3 is 0 Å². The van der Waals surface area contributed by atoms with Crippen LogP contribution in [0, 0.1) is 13.8 Å². The van der Waals surface area contributed by atoms with E-state index in [4.69, 9.17) is 4.74 Å². The zero-order valence-electron chi connectivity index (χ0n) is 15.4. The number of sulfonamides is 1. The number of morpholine rings is 1. The predicted octanol–water partition coefficient (Wildman–Crippen LogP) is 2.08. The molecule has 0 atom stereocenters. The zero-order chi connectivity index (χ0) is 19.4. The average molecular weight is 389 g/mol. The molecular formula is C19H23N3O4S. The normalized spacial score (nSPS) is 15.3. The van der Waals surface area contributed by atoms with Crippen LogP contribution in [-0.2, 0) is 14.8 Å². The lowest BCUT2D eigenvalue weighted by molar-refractivity contribution is 0.0126. The van der Waals surface area contributed by atoms with Crippen LogP contribution in [0.25, 0.3) is 0 Å². The maximum absolute atomic E-state index is 12.8. The number of anilines is 1. The molecule has 0 saturated carbocycles. The van der Waals surface area contributed by atoms with E-state index in [-0.39, 0.29) is 16.4 Å². The highest BCUT2D eigenvalue weighted by Crippen LogP contribution is 2.21. The van der Waals surface area contributed by atoms with Crippen molar-refractivity contribution in [2.45, 2.75) is 18.7 Å². The lowest BCUT2D eigenvalue weighted by atomic mass is 10.1. The van der Waals surface area contributed by atoms with E-state index in [1.807, 2.05) is 19.1 Å². The summed E-state index contributed by atoms with van der Waals surface area (Å²) in [6, 6.07) is 11.7. The van der Waals surface area contributed by atoms with Gasteiger partial charge in [-0.25, -0.2) is 13.4 Å². The fourth-order valence-electron chi connectivity index (χ4n) is 2.75. The summed E-state index contributed by atoms with van der Waals surface area (Å²) >= 11 is 0. The summed E-state index contributed by atoms with van der Waals surface area (Å²) in [5, 5.41) is 1.77. The van der Waals surface area contributed by atoms with Crippen molar-refractivity contribution < 1.29 is 17.9 Å². The Balaban J connectivity index is 1.81. The minimum atomic E-state index is -3.81. The summed E-state index contributed by atoms with van der Waals surface area (Å²) in [7, 11) is -3.81. The van der Waals surface area contributed by atoms with E-state index in [1.165, 1.54) is 6.07 Å². The highest BCUT2D eigenvalue weighted by Gasteiger charge is 2.20. The Morgan fingerprint density at radius 2 is 1.70 bits per heavy atom. The van der Waals surface area contributed by atoms with Gasteiger partial charge in [0.15, 0.2) is 0 Å². The molecule has 0 aliphatic carbocycles. The van der Waals surface area contributed by atoms with Crippen molar-refractivity contribution >= 4 is 21.6 Å². The van der Waals surface area contributed by atoms with Gasteiger partial charge in [-0.05, 0) is 43.7 Å². The first-order valence-electron chi connectivity index (χ1n) is 8.69. The fourth-order valence-corrected chi connectivity index (χ4v) is 4.08. The van der Waals surface area contributed by atoms with Crippen molar-refractivity contribution in [1.82, 2.24) is 10.4 Å². The minimum Gasteiger partial charge on any atom is -0.379 e. The van der Waals surface area contributed by atoms with Crippen molar-refractivity contribution in [3.8, 4) is 0 Å². The molecule has 0 unspecified atom stereocenters. The van der Waals surface area contributed by atoms with Crippen molar-refractivity contribution in [2.75, 3.05) is 31.0 Å². The van der Waals surface area contributed by atoms with Crippen molar-refractivity contribution in [3.63, 3.8) is 0 Å². The van der Waals surface area contributed by atoms with E-state index < -0.39 is 10.0 Å². The van der Waals surface area contributed by atoms with Gasteiger partial charge in [0.05, 0.1) is 18.1 Å². The molecule has 1 amide bonds. The third-order valence-electron chi connectivity index (χ3n) is 4.31. The van der Waals surface area contributed by atoms with Crippen molar-refractivity contribution in [1.29, 1.82) is 0 Å². The van der Waals surface area contributed by atoms with Gasteiger partial charge in [0.25, 0.3) is 15.9 Å². The van der Waals surface area contributed by atoms with Crippen LogP contribution in [0.15, 0.2) is 47.4 Å². The van der Waals surface area contributed by atoms with Crippen LogP contribution in [0.4, 0.5) is 5.69 Å². The molecule has 1 aliphatic rings. The Hall–Kier alpha value is -2.42. The molecule has 1 aliphatic heterocycles. The Labute approximate surface area is 159 Å². The second kappa shape index (κ2) is 8.08. The van der Waals surface area contributed by atoms with Crippen LogP contribution in [0.3, 0.4) is 0 Å². The smallest absolute Gasteiger partial charge is 0.265 e. The van der Waals surface area contributed by atoms with Gasteiger partial charge < -0.3 is 4.74 Å². The highest BCUT2D eigenvalue weighted by atomic mass is 32.2. The van der Waals surface area contributed by atoms with Crippen LogP contribution in [0.2, 0.25) is 0 Å². The molecule has 27 heavy (non-hydrogen) atoms. The van der Waals surface area contributed by atoms with E-state index in [1.54, 1.807) is 36.2 Å². The van der Waals surface area contributed by atoms with Gasteiger partial charge in [-0.15, -0.1) is 0 Å². The zero-order valence-corrected chi connectivity index (χ0v) is 16.2. The van der Waals surface area contributed by atoms with Gasteiger partial charge in [-0.2, -0.15) is 0 Å². The predicted molar refractivity (Wildman–Crippen MR) is 103 cm³/mol. The van der Waals surface area contributed by atoms with Gasteiger partial charge in [-0.3, -0.25) is 14.9 Å². The number of hydrogen-bond donors (Lipinski definition) is 2. The van der Waals surface area contributed by atoms with Crippen LogP contribution in [0.1, 0.15) is 21.5 Å².